The number of H-pyrrole nitrogens is 1. The fourth-order valence-electron chi connectivity index (χ4n) is 3.73. The number of anilines is 1. The normalized spacial score (nSPS) is 18.2. The van der Waals surface area contributed by atoms with Crippen molar-refractivity contribution in [3.63, 3.8) is 0 Å². The molecule has 2 heterocycles. The Kier molecular flexibility index (Phi) is 4.65. The molecule has 0 bridgehead atoms. The zero-order valence-electron chi connectivity index (χ0n) is 15.1. The van der Waals surface area contributed by atoms with Crippen LogP contribution < -0.4 is 4.72 Å². The van der Waals surface area contributed by atoms with E-state index in [0.717, 1.165) is 36.0 Å². The van der Waals surface area contributed by atoms with Gasteiger partial charge in [0, 0.05) is 28.8 Å². The molecular formula is C20H22FN3O2S. The zero-order valence-corrected chi connectivity index (χ0v) is 15.9. The van der Waals surface area contributed by atoms with Crippen molar-refractivity contribution in [2.24, 2.45) is 0 Å². The largest absolute Gasteiger partial charge is 0.361 e. The fourth-order valence-corrected chi connectivity index (χ4v) is 4.78. The Hall–Kier alpha value is -2.38. The molecule has 1 fully saturated rings. The summed E-state index contributed by atoms with van der Waals surface area (Å²) in [4.78, 5) is 5.68. The predicted molar refractivity (Wildman–Crippen MR) is 105 cm³/mol. The Morgan fingerprint density at radius 3 is 2.70 bits per heavy atom. The minimum Gasteiger partial charge on any atom is -0.361 e. The van der Waals surface area contributed by atoms with Gasteiger partial charge >= 0.3 is 0 Å². The van der Waals surface area contributed by atoms with E-state index in [0.29, 0.717) is 11.7 Å². The lowest BCUT2D eigenvalue weighted by Gasteiger charge is -2.18. The van der Waals surface area contributed by atoms with Crippen molar-refractivity contribution in [1.29, 1.82) is 0 Å². The second-order valence-electron chi connectivity index (χ2n) is 7.11. The molecule has 0 aliphatic carbocycles. The number of hydrogen-bond acceptors (Lipinski definition) is 3. The van der Waals surface area contributed by atoms with E-state index < -0.39 is 15.8 Å². The van der Waals surface area contributed by atoms with Gasteiger partial charge in [-0.15, -0.1) is 0 Å². The summed E-state index contributed by atoms with van der Waals surface area (Å²) in [5.41, 5.74) is 2.66. The van der Waals surface area contributed by atoms with Crippen LogP contribution in [0.4, 0.5) is 10.1 Å². The summed E-state index contributed by atoms with van der Waals surface area (Å²) < 4.78 is 40.7. The van der Waals surface area contributed by atoms with Crippen LogP contribution in [-0.4, -0.2) is 37.9 Å². The third kappa shape index (κ3) is 3.70. The number of hydrogen-bond donors (Lipinski definition) is 2. The molecule has 0 amide bonds. The van der Waals surface area contributed by atoms with Gasteiger partial charge in [-0.1, -0.05) is 0 Å². The highest BCUT2D eigenvalue weighted by atomic mass is 32.2. The van der Waals surface area contributed by atoms with Crippen molar-refractivity contribution in [3.05, 3.63) is 60.0 Å². The number of aromatic amines is 1. The molecule has 0 spiro atoms. The van der Waals surface area contributed by atoms with Crippen LogP contribution in [0.3, 0.4) is 0 Å². The van der Waals surface area contributed by atoms with Gasteiger partial charge in [-0.3, -0.25) is 4.72 Å². The van der Waals surface area contributed by atoms with Crippen molar-refractivity contribution in [2.45, 2.75) is 30.2 Å². The molecule has 1 aromatic heterocycles. The van der Waals surface area contributed by atoms with E-state index in [1.165, 1.54) is 30.5 Å². The number of nitrogens with one attached hydrogen (secondary N) is 2. The summed E-state index contributed by atoms with van der Waals surface area (Å²) in [6.07, 6.45) is 5.34. The molecule has 0 saturated carbocycles. The lowest BCUT2D eigenvalue weighted by Crippen LogP contribution is -2.26. The summed E-state index contributed by atoms with van der Waals surface area (Å²) >= 11 is 0. The summed E-state index contributed by atoms with van der Waals surface area (Å²) in [5.74, 6) is -0.468. The van der Waals surface area contributed by atoms with Gasteiger partial charge in [0.05, 0.1) is 4.90 Å². The van der Waals surface area contributed by atoms with Gasteiger partial charge < -0.3 is 9.88 Å². The number of benzene rings is 2. The molecule has 2 aromatic carbocycles. The summed E-state index contributed by atoms with van der Waals surface area (Å²) in [7, 11) is -1.61. The molecule has 1 aliphatic heterocycles. The first-order valence-corrected chi connectivity index (χ1v) is 10.5. The molecule has 5 nitrogen and oxygen atoms in total. The van der Waals surface area contributed by atoms with Crippen LogP contribution in [0, 0.1) is 5.82 Å². The third-order valence-electron chi connectivity index (χ3n) is 5.27. The Balaban J connectivity index is 1.61. The average Bonchev–Trinajstić information content (AvgIpc) is 3.22. The van der Waals surface area contributed by atoms with E-state index in [9.17, 15) is 12.8 Å². The standard InChI is InChI=1S/C20H22FN3O2S/c1-24-10-2-3-17(24)11-14-13-22-20-9-6-16(12-19(14)20)23-27(25,26)18-7-4-15(21)5-8-18/h4-9,12-13,17,22-23H,2-3,10-11H2,1H3/t17-/m1/s1. The van der Waals surface area contributed by atoms with Crippen LogP contribution >= 0.6 is 0 Å². The second-order valence-corrected chi connectivity index (χ2v) is 8.80. The van der Waals surface area contributed by atoms with Crippen molar-refractivity contribution < 1.29 is 12.8 Å². The number of aromatic nitrogens is 1. The lowest BCUT2D eigenvalue weighted by molar-refractivity contribution is 0.310. The number of likely N-dealkylation sites (N-methyl/N-ethyl adjacent to an activating group) is 1. The first-order chi connectivity index (χ1) is 12.9. The molecular weight excluding hydrogens is 365 g/mol. The van der Waals surface area contributed by atoms with E-state index >= 15 is 0 Å². The first-order valence-electron chi connectivity index (χ1n) is 9.01. The topological polar surface area (TPSA) is 65.2 Å². The second kappa shape index (κ2) is 6.98. The smallest absolute Gasteiger partial charge is 0.261 e. The highest BCUT2D eigenvalue weighted by Crippen LogP contribution is 2.27. The number of fused-ring (bicyclic) bond motifs is 1. The van der Waals surface area contributed by atoms with Crippen LogP contribution in [0.25, 0.3) is 10.9 Å². The molecule has 0 radical (unpaired) electrons. The van der Waals surface area contributed by atoms with E-state index in [4.69, 9.17) is 0 Å². The van der Waals surface area contributed by atoms with Gasteiger partial charge in [0.15, 0.2) is 0 Å². The van der Waals surface area contributed by atoms with Crippen molar-refractivity contribution in [3.8, 4) is 0 Å². The number of nitrogens with zero attached hydrogens (tertiary/aromatic N) is 1. The maximum atomic E-state index is 13.1. The first kappa shape index (κ1) is 18.0. The summed E-state index contributed by atoms with van der Waals surface area (Å²) in [5, 5.41) is 1.02. The Morgan fingerprint density at radius 1 is 1.22 bits per heavy atom. The van der Waals surface area contributed by atoms with E-state index in [1.807, 2.05) is 18.3 Å². The molecule has 4 rings (SSSR count). The van der Waals surface area contributed by atoms with Gasteiger partial charge in [-0.25, -0.2) is 12.8 Å². The van der Waals surface area contributed by atoms with Crippen LogP contribution in [0.2, 0.25) is 0 Å². The molecule has 7 heteroatoms. The van der Waals surface area contributed by atoms with Crippen LogP contribution in [0.15, 0.2) is 53.6 Å². The molecule has 0 unspecified atom stereocenters. The average molecular weight is 387 g/mol. The minimum atomic E-state index is -3.76. The van der Waals surface area contributed by atoms with Crippen molar-refractivity contribution in [1.82, 2.24) is 9.88 Å². The number of rotatable bonds is 5. The van der Waals surface area contributed by atoms with Gasteiger partial charge in [0.25, 0.3) is 10.0 Å². The maximum Gasteiger partial charge on any atom is 0.261 e. The summed E-state index contributed by atoms with van der Waals surface area (Å²) in [6, 6.07) is 10.8. The molecule has 2 N–H and O–H groups in total. The highest BCUT2D eigenvalue weighted by Gasteiger charge is 2.22. The van der Waals surface area contributed by atoms with E-state index in [1.54, 1.807) is 6.07 Å². The van der Waals surface area contributed by atoms with Crippen molar-refractivity contribution >= 4 is 26.6 Å². The number of sulfonamides is 1. The van der Waals surface area contributed by atoms with Gasteiger partial charge in [0.1, 0.15) is 5.82 Å². The van der Waals surface area contributed by atoms with E-state index in [2.05, 4.69) is 21.7 Å². The lowest BCUT2D eigenvalue weighted by atomic mass is 10.0. The van der Waals surface area contributed by atoms with E-state index in [-0.39, 0.29) is 4.90 Å². The monoisotopic (exact) mass is 387 g/mol. The van der Waals surface area contributed by atoms with Gasteiger partial charge in [0.2, 0.25) is 0 Å². The quantitative estimate of drug-likeness (QED) is 0.701. The molecule has 142 valence electrons. The minimum absolute atomic E-state index is 0.0332. The zero-order chi connectivity index (χ0) is 19.0. The third-order valence-corrected chi connectivity index (χ3v) is 6.67. The molecule has 1 aliphatic rings. The number of likely N-dealkylation sites (tertiary alicyclic amines) is 1. The molecule has 1 atom stereocenters. The van der Waals surface area contributed by atoms with Crippen LogP contribution in [-0.2, 0) is 16.4 Å². The Labute approximate surface area is 158 Å². The molecule has 3 aromatic rings. The number of halogens is 1. The highest BCUT2D eigenvalue weighted by molar-refractivity contribution is 7.92. The predicted octanol–water partition coefficient (Wildman–Crippen LogP) is 3.74. The fraction of sp³-hybridized carbons (Fsp3) is 0.300. The molecule has 1 saturated heterocycles. The van der Waals surface area contributed by atoms with Crippen LogP contribution in [0.5, 0.6) is 0 Å². The van der Waals surface area contributed by atoms with Crippen LogP contribution in [0.1, 0.15) is 18.4 Å². The SMILES string of the molecule is CN1CCC[C@@H]1Cc1c[nH]c2ccc(NS(=O)(=O)c3ccc(F)cc3)cc12. The van der Waals surface area contributed by atoms with Gasteiger partial charge in [-0.05, 0) is 80.9 Å². The Morgan fingerprint density at radius 2 is 2.00 bits per heavy atom. The summed E-state index contributed by atoms with van der Waals surface area (Å²) in [6.45, 7) is 1.12. The van der Waals surface area contributed by atoms with Gasteiger partial charge in [-0.2, -0.15) is 0 Å². The maximum absolute atomic E-state index is 13.1. The van der Waals surface area contributed by atoms with Crippen molar-refractivity contribution in [2.75, 3.05) is 18.3 Å². The Bertz CT molecular complexity index is 1060. The molecule has 27 heavy (non-hydrogen) atoms.